The lowest BCUT2D eigenvalue weighted by Gasteiger charge is -2.22. The van der Waals surface area contributed by atoms with Crippen LogP contribution in [0.3, 0.4) is 0 Å². The van der Waals surface area contributed by atoms with E-state index < -0.39 is 5.91 Å². The minimum absolute atomic E-state index is 0.109. The van der Waals surface area contributed by atoms with Crippen LogP contribution < -0.4 is 5.73 Å². The maximum absolute atomic E-state index is 12.7. The van der Waals surface area contributed by atoms with Crippen molar-refractivity contribution in [3.05, 3.63) is 71.3 Å². The fraction of sp³-hybridized carbons (Fsp3) is 0.222. The zero-order chi connectivity index (χ0) is 16.7. The minimum atomic E-state index is -0.510. The van der Waals surface area contributed by atoms with E-state index in [-0.39, 0.29) is 5.91 Å². The molecule has 0 saturated carbocycles. The van der Waals surface area contributed by atoms with Gasteiger partial charge in [-0.25, -0.2) is 0 Å². The summed E-state index contributed by atoms with van der Waals surface area (Å²) in [6, 6.07) is 16.1. The molecular formula is C18H20N2O3. The Bertz CT molecular complexity index is 654. The third-order valence-electron chi connectivity index (χ3n) is 3.49. The monoisotopic (exact) mass is 312 g/mol. The van der Waals surface area contributed by atoms with Crippen LogP contribution in [0.5, 0.6) is 0 Å². The van der Waals surface area contributed by atoms with Gasteiger partial charge in [0.25, 0.3) is 5.91 Å². The predicted molar refractivity (Wildman–Crippen MR) is 88.0 cm³/mol. The summed E-state index contributed by atoms with van der Waals surface area (Å²) in [4.78, 5) is 25.5. The van der Waals surface area contributed by atoms with Crippen molar-refractivity contribution in [1.82, 2.24) is 4.90 Å². The first-order chi connectivity index (χ1) is 11.1. The third-order valence-corrected chi connectivity index (χ3v) is 3.49. The quantitative estimate of drug-likeness (QED) is 0.850. The molecule has 0 aliphatic heterocycles. The van der Waals surface area contributed by atoms with E-state index in [1.165, 1.54) is 0 Å². The summed E-state index contributed by atoms with van der Waals surface area (Å²) in [7, 11) is 1.60. The number of amides is 2. The number of methoxy groups -OCH3 is 1. The van der Waals surface area contributed by atoms with Crippen LogP contribution in [0.15, 0.2) is 54.6 Å². The van der Waals surface area contributed by atoms with Gasteiger partial charge in [0.1, 0.15) is 0 Å². The van der Waals surface area contributed by atoms with Crippen LogP contribution in [0.25, 0.3) is 0 Å². The van der Waals surface area contributed by atoms with Crippen LogP contribution in [-0.4, -0.2) is 37.0 Å². The van der Waals surface area contributed by atoms with Crippen LogP contribution in [0, 0.1) is 0 Å². The number of hydrogen-bond donors (Lipinski definition) is 1. The molecule has 120 valence electrons. The van der Waals surface area contributed by atoms with Gasteiger partial charge in [-0.05, 0) is 29.8 Å². The van der Waals surface area contributed by atoms with Crippen molar-refractivity contribution in [2.24, 2.45) is 5.73 Å². The SMILES string of the molecule is COCCN(Cc1ccccc1)C(=O)c1ccc(C(N)=O)cc1. The number of carbonyl (C=O) groups excluding carboxylic acids is 2. The first kappa shape index (κ1) is 16.7. The molecule has 0 fully saturated rings. The number of ether oxygens (including phenoxy) is 1. The van der Waals surface area contributed by atoms with Gasteiger partial charge >= 0.3 is 0 Å². The molecule has 2 N–H and O–H groups in total. The van der Waals surface area contributed by atoms with Crippen LogP contribution in [-0.2, 0) is 11.3 Å². The number of primary amides is 1. The molecule has 0 aliphatic carbocycles. The summed E-state index contributed by atoms with van der Waals surface area (Å²) in [5.41, 5.74) is 7.16. The van der Waals surface area contributed by atoms with Crippen molar-refractivity contribution in [3.63, 3.8) is 0 Å². The van der Waals surface area contributed by atoms with Gasteiger partial charge < -0.3 is 15.4 Å². The Hall–Kier alpha value is -2.66. The Labute approximate surface area is 135 Å². The molecule has 0 aromatic heterocycles. The first-order valence-electron chi connectivity index (χ1n) is 7.34. The van der Waals surface area contributed by atoms with Crippen molar-refractivity contribution in [3.8, 4) is 0 Å². The summed E-state index contributed by atoms with van der Waals surface area (Å²) < 4.78 is 5.09. The number of hydrogen-bond acceptors (Lipinski definition) is 3. The predicted octanol–water partition coefficient (Wildman–Crippen LogP) is 2.07. The topological polar surface area (TPSA) is 72.6 Å². The van der Waals surface area contributed by atoms with Crippen LogP contribution in [0.4, 0.5) is 0 Å². The Morgan fingerprint density at radius 2 is 1.61 bits per heavy atom. The van der Waals surface area contributed by atoms with Gasteiger partial charge in [0, 0.05) is 31.3 Å². The number of benzene rings is 2. The lowest BCUT2D eigenvalue weighted by Crippen LogP contribution is -2.33. The van der Waals surface area contributed by atoms with Crippen molar-refractivity contribution in [2.45, 2.75) is 6.54 Å². The average Bonchev–Trinajstić information content (AvgIpc) is 2.59. The highest BCUT2D eigenvalue weighted by Gasteiger charge is 2.16. The molecule has 0 radical (unpaired) electrons. The summed E-state index contributed by atoms with van der Waals surface area (Å²) in [5.74, 6) is -0.619. The van der Waals surface area contributed by atoms with Crippen molar-refractivity contribution in [1.29, 1.82) is 0 Å². The zero-order valence-corrected chi connectivity index (χ0v) is 13.1. The maximum Gasteiger partial charge on any atom is 0.254 e. The molecule has 0 bridgehead atoms. The van der Waals surface area contributed by atoms with E-state index >= 15 is 0 Å². The van der Waals surface area contributed by atoms with E-state index in [9.17, 15) is 9.59 Å². The molecule has 5 nitrogen and oxygen atoms in total. The van der Waals surface area contributed by atoms with Crippen molar-refractivity contribution < 1.29 is 14.3 Å². The molecule has 0 aliphatic rings. The van der Waals surface area contributed by atoms with Crippen LogP contribution in [0.1, 0.15) is 26.3 Å². The molecule has 2 aromatic rings. The molecule has 0 heterocycles. The summed E-state index contributed by atoms with van der Waals surface area (Å²) in [6.07, 6.45) is 0. The Balaban J connectivity index is 2.16. The van der Waals surface area contributed by atoms with E-state index in [4.69, 9.17) is 10.5 Å². The molecule has 0 unspecified atom stereocenters. The largest absolute Gasteiger partial charge is 0.383 e. The number of rotatable bonds is 7. The van der Waals surface area contributed by atoms with E-state index in [0.29, 0.717) is 30.8 Å². The summed E-state index contributed by atoms with van der Waals surface area (Å²) in [6.45, 7) is 1.44. The molecule has 23 heavy (non-hydrogen) atoms. The zero-order valence-electron chi connectivity index (χ0n) is 13.1. The fourth-order valence-corrected chi connectivity index (χ4v) is 2.22. The van der Waals surface area contributed by atoms with Crippen molar-refractivity contribution in [2.75, 3.05) is 20.3 Å². The highest BCUT2D eigenvalue weighted by atomic mass is 16.5. The average molecular weight is 312 g/mol. The van der Waals surface area contributed by atoms with Gasteiger partial charge in [-0.3, -0.25) is 9.59 Å². The number of carbonyl (C=O) groups is 2. The van der Waals surface area contributed by atoms with Crippen molar-refractivity contribution >= 4 is 11.8 Å². The molecule has 2 rings (SSSR count). The maximum atomic E-state index is 12.7. The molecule has 2 aromatic carbocycles. The smallest absolute Gasteiger partial charge is 0.254 e. The minimum Gasteiger partial charge on any atom is -0.383 e. The van der Waals surface area contributed by atoms with Gasteiger partial charge in [0.05, 0.1) is 6.61 Å². The first-order valence-corrected chi connectivity index (χ1v) is 7.34. The molecule has 0 spiro atoms. The van der Waals surface area contributed by atoms with Gasteiger partial charge in [0.2, 0.25) is 5.91 Å². The summed E-state index contributed by atoms with van der Waals surface area (Å²) in [5, 5.41) is 0. The molecule has 2 amide bonds. The Morgan fingerprint density at radius 3 is 2.17 bits per heavy atom. The van der Waals surface area contributed by atoms with E-state index in [0.717, 1.165) is 5.56 Å². The lowest BCUT2D eigenvalue weighted by molar-refractivity contribution is 0.0680. The highest BCUT2D eigenvalue weighted by molar-refractivity contribution is 5.97. The molecule has 0 saturated heterocycles. The Kier molecular flexibility index (Phi) is 5.88. The summed E-state index contributed by atoms with van der Waals surface area (Å²) >= 11 is 0. The van der Waals surface area contributed by atoms with Gasteiger partial charge in [0.15, 0.2) is 0 Å². The third kappa shape index (κ3) is 4.66. The van der Waals surface area contributed by atoms with Gasteiger partial charge in [-0.1, -0.05) is 30.3 Å². The van der Waals surface area contributed by atoms with Crippen LogP contribution >= 0.6 is 0 Å². The lowest BCUT2D eigenvalue weighted by atomic mass is 10.1. The second kappa shape index (κ2) is 8.10. The van der Waals surface area contributed by atoms with Gasteiger partial charge in [-0.2, -0.15) is 0 Å². The highest BCUT2D eigenvalue weighted by Crippen LogP contribution is 2.11. The van der Waals surface area contributed by atoms with E-state index in [1.54, 1.807) is 36.3 Å². The standard InChI is InChI=1S/C18H20N2O3/c1-23-12-11-20(13-14-5-3-2-4-6-14)18(22)16-9-7-15(8-10-16)17(19)21/h2-10H,11-13H2,1H3,(H2,19,21). The van der Waals surface area contributed by atoms with Gasteiger partial charge in [-0.15, -0.1) is 0 Å². The van der Waals surface area contributed by atoms with E-state index in [1.807, 2.05) is 30.3 Å². The fourth-order valence-electron chi connectivity index (χ4n) is 2.22. The second-order valence-electron chi connectivity index (χ2n) is 5.15. The second-order valence-corrected chi connectivity index (χ2v) is 5.15. The number of nitrogens with zero attached hydrogens (tertiary/aromatic N) is 1. The number of nitrogens with two attached hydrogens (primary N) is 1. The van der Waals surface area contributed by atoms with Crippen LogP contribution in [0.2, 0.25) is 0 Å². The Morgan fingerprint density at radius 1 is 1.00 bits per heavy atom. The normalized spacial score (nSPS) is 10.3. The molecule has 0 atom stereocenters. The molecular weight excluding hydrogens is 292 g/mol. The van der Waals surface area contributed by atoms with E-state index in [2.05, 4.69) is 0 Å². The molecule has 5 heteroatoms.